The van der Waals surface area contributed by atoms with Crippen molar-refractivity contribution in [1.82, 2.24) is 5.32 Å². The first-order valence-corrected chi connectivity index (χ1v) is 5.57. The molecule has 0 aliphatic heterocycles. The number of methoxy groups -OCH3 is 1. The van der Waals surface area contributed by atoms with Gasteiger partial charge in [-0.3, -0.25) is 9.59 Å². The van der Waals surface area contributed by atoms with E-state index >= 15 is 0 Å². The fraction of sp³-hybridized carbons (Fsp3) is 0.727. The molecule has 0 aromatic rings. The van der Waals surface area contributed by atoms with Crippen LogP contribution < -0.4 is 5.32 Å². The third-order valence-corrected chi connectivity index (χ3v) is 2.85. The van der Waals surface area contributed by atoms with Gasteiger partial charge in [-0.2, -0.15) is 0 Å². The zero-order valence-electron chi connectivity index (χ0n) is 9.77. The zero-order chi connectivity index (χ0) is 12.8. The Bertz CT molecular complexity index is 315. The molecule has 1 fully saturated rings. The van der Waals surface area contributed by atoms with E-state index in [9.17, 15) is 14.4 Å². The van der Waals surface area contributed by atoms with Gasteiger partial charge in [0, 0.05) is 20.0 Å². The van der Waals surface area contributed by atoms with Crippen LogP contribution in [-0.2, 0) is 19.1 Å². The van der Waals surface area contributed by atoms with Gasteiger partial charge in [-0.15, -0.1) is 0 Å². The molecule has 0 heterocycles. The van der Waals surface area contributed by atoms with Crippen LogP contribution in [0.15, 0.2) is 0 Å². The van der Waals surface area contributed by atoms with Crippen LogP contribution in [-0.4, -0.2) is 42.5 Å². The number of amides is 1. The van der Waals surface area contributed by atoms with Crippen molar-refractivity contribution in [2.45, 2.75) is 31.7 Å². The van der Waals surface area contributed by atoms with Crippen LogP contribution in [0.3, 0.4) is 0 Å². The van der Waals surface area contributed by atoms with Crippen molar-refractivity contribution in [1.29, 1.82) is 0 Å². The lowest BCUT2D eigenvalue weighted by Crippen LogP contribution is -2.48. The molecule has 6 nitrogen and oxygen atoms in total. The quantitative estimate of drug-likeness (QED) is 0.707. The van der Waals surface area contributed by atoms with E-state index in [1.807, 2.05) is 0 Å². The first-order valence-electron chi connectivity index (χ1n) is 5.57. The van der Waals surface area contributed by atoms with Crippen molar-refractivity contribution in [3.63, 3.8) is 0 Å². The summed E-state index contributed by atoms with van der Waals surface area (Å²) in [6.07, 6.45) is 2.07. The molecule has 0 spiro atoms. The van der Waals surface area contributed by atoms with Crippen LogP contribution in [0.2, 0.25) is 0 Å². The summed E-state index contributed by atoms with van der Waals surface area (Å²) in [4.78, 5) is 33.7. The van der Waals surface area contributed by atoms with Gasteiger partial charge in [0.1, 0.15) is 18.4 Å². The van der Waals surface area contributed by atoms with Gasteiger partial charge in [-0.1, -0.05) is 0 Å². The fourth-order valence-corrected chi connectivity index (χ4v) is 2.07. The Morgan fingerprint density at radius 2 is 2.29 bits per heavy atom. The van der Waals surface area contributed by atoms with E-state index in [1.54, 1.807) is 0 Å². The Kier molecular flexibility index (Phi) is 5.09. The molecule has 0 saturated heterocycles. The van der Waals surface area contributed by atoms with E-state index in [-0.39, 0.29) is 24.7 Å². The Hall–Kier alpha value is -1.43. The lowest BCUT2D eigenvalue weighted by molar-refractivity contribution is -0.144. The summed E-state index contributed by atoms with van der Waals surface area (Å²) >= 11 is 0. The molecule has 1 saturated carbocycles. The van der Waals surface area contributed by atoms with Gasteiger partial charge in [0.25, 0.3) is 0 Å². The minimum absolute atomic E-state index is 0.0634. The van der Waals surface area contributed by atoms with Gasteiger partial charge in [0.15, 0.2) is 0 Å². The number of carboxylic acids is 1. The highest BCUT2D eigenvalue weighted by Gasteiger charge is 2.33. The van der Waals surface area contributed by atoms with Crippen molar-refractivity contribution in [2.24, 2.45) is 5.92 Å². The molecule has 1 rings (SSSR count). The van der Waals surface area contributed by atoms with Crippen LogP contribution in [0.25, 0.3) is 0 Å². The van der Waals surface area contributed by atoms with Crippen LogP contribution in [0.4, 0.5) is 0 Å². The number of carbonyl (C=O) groups is 3. The highest BCUT2D eigenvalue weighted by Crippen LogP contribution is 2.24. The van der Waals surface area contributed by atoms with Crippen LogP contribution in [0.1, 0.15) is 25.7 Å². The molecule has 0 radical (unpaired) electrons. The number of hydrogen-bond acceptors (Lipinski definition) is 4. The minimum Gasteiger partial charge on any atom is -0.480 e. The third-order valence-electron chi connectivity index (χ3n) is 2.85. The molecule has 0 unspecified atom stereocenters. The number of Topliss-reactive ketones (excluding diaryl/α,β-unsaturated/α-hetero) is 1. The van der Waals surface area contributed by atoms with Crippen molar-refractivity contribution < 1.29 is 24.2 Å². The van der Waals surface area contributed by atoms with Gasteiger partial charge in [-0.25, -0.2) is 4.79 Å². The average Bonchev–Trinajstić information content (AvgIpc) is 2.26. The number of ether oxygens (including phenoxy) is 1. The van der Waals surface area contributed by atoms with Gasteiger partial charge in [0.2, 0.25) is 5.91 Å². The van der Waals surface area contributed by atoms with E-state index in [0.717, 1.165) is 0 Å². The summed E-state index contributed by atoms with van der Waals surface area (Å²) in [5, 5.41) is 11.5. The van der Waals surface area contributed by atoms with Gasteiger partial charge >= 0.3 is 5.97 Å². The molecule has 0 bridgehead atoms. The monoisotopic (exact) mass is 243 g/mol. The van der Waals surface area contributed by atoms with Gasteiger partial charge in [0.05, 0.1) is 0 Å². The number of carbonyl (C=O) groups excluding carboxylic acids is 2. The second-order valence-corrected chi connectivity index (χ2v) is 4.21. The molecule has 17 heavy (non-hydrogen) atoms. The molecule has 0 aromatic carbocycles. The number of ketones is 1. The standard InChI is InChI=1S/C11H17NO5/c1-17-6-9(14)12-10(11(15)16)7-3-2-4-8(13)5-7/h7,10H,2-6H2,1H3,(H,12,14)(H,15,16)/t7-,10-/m0/s1. The first-order chi connectivity index (χ1) is 8.04. The summed E-state index contributed by atoms with van der Waals surface area (Å²) < 4.78 is 4.62. The molecule has 1 aliphatic rings. The lowest BCUT2D eigenvalue weighted by atomic mass is 9.83. The summed E-state index contributed by atoms with van der Waals surface area (Å²) in [6, 6.07) is -0.998. The van der Waals surface area contributed by atoms with Gasteiger partial charge in [-0.05, 0) is 18.8 Å². The van der Waals surface area contributed by atoms with Crippen LogP contribution in [0.5, 0.6) is 0 Å². The smallest absolute Gasteiger partial charge is 0.326 e. The highest BCUT2D eigenvalue weighted by molar-refractivity contribution is 5.86. The highest BCUT2D eigenvalue weighted by atomic mass is 16.5. The Labute approximate surface area is 99.3 Å². The SMILES string of the molecule is COCC(=O)N[C@H](C(=O)O)[C@H]1CCCC(=O)C1. The fourth-order valence-electron chi connectivity index (χ4n) is 2.07. The molecule has 2 atom stereocenters. The normalized spacial score (nSPS) is 21.9. The van der Waals surface area contributed by atoms with Gasteiger partial charge < -0.3 is 15.2 Å². The Morgan fingerprint density at radius 3 is 2.82 bits per heavy atom. The van der Waals surface area contributed by atoms with Crippen molar-refractivity contribution in [3.8, 4) is 0 Å². The number of hydrogen-bond donors (Lipinski definition) is 2. The molecular weight excluding hydrogens is 226 g/mol. The second-order valence-electron chi connectivity index (χ2n) is 4.21. The summed E-state index contributed by atoms with van der Waals surface area (Å²) in [6.45, 7) is -0.176. The number of nitrogens with one attached hydrogen (secondary N) is 1. The van der Waals surface area contributed by atoms with E-state index in [4.69, 9.17) is 5.11 Å². The maximum atomic E-state index is 11.3. The Morgan fingerprint density at radius 1 is 1.59 bits per heavy atom. The molecule has 6 heteroatoms. The zero-order valence-corrected chi connectivity index (χ0v) is 9.77. The molecule has 2 N–H and O–H groups in total. The van der Waals surface area contributed by atoms with Crippen LogP contribution in [0, 0.1) is 5.92 Å². The number of aliphatic carboxylic acids is 1. The maximum absolute atomic E-state index is 11.3. The van der Waals surface area contributed by atoms with Crippen molar-refractivity contribution >= 4 is 17.7 Å². The third kappa shape index (κ3) is 4.14. The van der Waals surface area contributed by atoms with E-state index in [2.05, 4.69) is 10.1 Å². The molecule has 96 valence electrons. The molecule has 1 aliphatic carbocycles. The van der Waals surface area contributed by atoms with Crippen molar-refractivity contribution in [2.75, 3.05) is 13.7 Å². The lowest BCUT2D eigenvalue weighted by Gasteiger charge is -2.27. The molecule has 0 aromatic heterocycles. The van der Waals surface area contributed by atoms with Crippen molar-refractivity contribution in [3.05, 3.63) is 0 Å². The summed E-state index contributed by atoms with van der Waals surface area (Å²) in [7, 11) is 1.36. The average molecular weight is 243 g/mol. The van der Waals surface area contributed by atoms with E-state index in [0.29, 0.717) is 19.3 Å². The topological polar surface area (TPSA) is 92.7 Å². The predicted octanol–water partition coefficient (Wildman–Crippen LogP) is -0.0385. The van der Waals surface area contributed by atoms with E-state index < -0.39 is 17.9 Å². The second kappa shape index (κ2) is 6.34. The largest absolute Gasteiger partial charge is 0.480 e. The summed E-state index contributed by atoms with van der Waals surface area (Å²) in [5.74, 6) is -1.82. The maximum Gasteiger partial charge on any atom is 0.326 e. The summed E-state index contributed by atoms with van der Waals surface area (Å²) in [5.41, 5.74) is 0. The Balaban J connectivity index is 2.61. The number of carboxylic acid groups (broad SMARTS) is 1. The van der Waals surface area contributed by atoms with Crippen LogP contribution >= 0.6 is 0 Å². The number of rotatable bonds is 5. The predicted molar refractivity (Wildman–Crippen MR) is 58.4 cm³/mol. The molecular formula is C11H17NO5. The molecule has 1 amide bonds. The van der Waals surface area contributed by atoms with E-state index in [1.165, 1.54) is 7.11 Å². The first kappa shape index (κ1) is 13.6. The minimum atomic E-state index is -1.10.